The molecule has 0 amide bonds. The standard InChI is InChI=1S/C9H12BN3OS/c1-4-3-15-9-12-7(5(2)11)6(10)8(14)13(4)9/h3,5H,10-11H2,1-2H3. The zero-order chi connectivity index (χ0) is 11.2. The molecule has 0 saturated heterocycles. The smallest absolute Gasteiger partial charge is 0.252 e. The topological polar surface area (TPSA) is 60.4 Å². The van der Waals surface area contributed by atoms with Gasteiger partial charge in [-0.3, -0.25) is 9.20 Å². The zero-order valence-corrected chi connectivity index (χ0v) is 9.76. The van der Waals surface area contributed by atoms with Crippen molar-refractivity contribution in [2.24, 2.45) is 5.73 Å². The fourth-order valence-electron chi connectivity index (χ4n) is 1.63. The Morgan fingerprint density at radius 1 is 1.67 bits per heavy atom. The van der Waals surface area contributed by atoms with Crippen molar-refractivity contribution in [1.29, 1.82) is 0 Å². The van der Waals surface area contributed by atoms with Gasteiger partial charge in [0, 0.05) is 17.1 Å². The van der Waals surface area contributed by atoms with Crippen molar-refractivity contribution in [1.82, 2.24) is 9.38 Å². The summed E-state index contributed by atoms with van der Waals surface area (Å²) in [7, 11) is 1.78. The molecule has 2 N–H and O–H groups in total. The Morgan fingerprint density at radius 3 is 2.93 bits per heavy atom. The van der Waals surface area contributed by atoms with Gasteiger partial charge in [-0.2, -0.15) is 0 Å². The molecule has 0 bridgehead atoms. The van der Waals surface area contributed by atoms with Gasteiger partial charge in [0.05, 0.1) is 5.69 Å². The van der Waals surface area contributed by atoms with E-state index in [1.54, 1.807) is 12.2 Å². The van der Waals surface area contributed by atoms with Gasteiger partial charge in [0.15, 0.2) is 4.96 Å². The van der Waals surface area contributed by atoms with Crippen molar-refractivity contribution in [3.63, 3.8) is 0 Å². The summed E-state index contributed by atoms with van der Waals surface area (Å²) >= 11 is 1.46. The van der Waals surface area contributed by atoms with Crippen LogP contribution >= 0.6 is 11.3 Å². The molecule has 1 atom stereocenters. The molecule has 0 spiro atoms. The highest BCUT2D eigenvalue weighted by atomic mass is 32.1. The molecule has 15 heavy (non-hydrogen) atoms. The highest BCUT2D eigenvalue weighted by molar-refractivity contribution is 7.15. The Balaban J connectivity index is 2.91. The summed E-state index contributed by atoms with van der Waals surface area (Å²) in [4.78, 5) is 17.1. The molecule has 0 aliphatic carbocycles. The van der Waals surface area contributed by atoms with Crippen LogP contribution in [0.3, 0.4) is 0 Å². The molecule has 2 aromatic rings. The third-order valence-corrected chi connectivity index (χ3v) is 3.38. The number of nitrogens with zero attached hydrogens (tertiary/aromatic N) is 2. The van der Waals surface area contributed by atoms with Crippen LogP contribution in [0.2, 0.25) is 0 Å². The van der Waals surface area contributed by atoms with Crippen LogP contribution in [-0.2, 0) is 0 Å². The first kappa shape index (κ1) is 10.4. The highest BCUT2D eigenvalue weighted by Gasteiger charge is 2.13. The lowest BCUT2D eigenvalue weighted by Crippen LogP contribution is -2.37. The molecule has 0 aliphatic heterocycles. The summed E-state index contributed by atoms with van der Waals surface area (Å²) in [6.07, 6.45) is 0. The first-order valence-corrected chi connectivity index (χ1v) is 5.63. The van der Waals surface area contributed by atoms with Gasteiger partial charge in [-0.15, -0.1) is 11.3 Å². The molecule has 0 aromatic carbocycles. The minimum absolute atomic E-state index is 0.00829. The van der Waals surface area contributed by atoms with Crippen LogP contribution in [-0.4, -0.2) is 17.2 Å². The summed E-state index contributed by atoms with van der Waals surface area (Å²) in [6, 6.07) is -0.204. The van der Waals surface area contributed by atoms with Gasteiger partial charge in [-0.05, 0) is 19.3 Å². The number of hydrogen-bond donors (Lipinski definition) is 1. The van der Waals surface area contributed by atoms with E-state index in [-0.39, 0.29) is 11.6 Å². The number of thiazole rings is 1. The van der Waals surface area contributed by atoms with Gasteiger partial charge in [0.2, 0.25) is 0 Å². The normalized spacial score (nSPS) is 13.3. The average Bonchev–Trinajstić information content (AvgIpc) is 2.53. The number of fused-ring (bicyclic) bond motifs is 1. The quantitative estimate of drug-likeness (QED) is 0.650. The SMILES string of the molecule is Bc1c(C(C)N)nc2scc(C)n2c1=O. The van der Waals surface area contributed by atoms with Crippen LogP contribution in [0, 0.1) is 6.92 Å². The molecule has 0 radical (unpaired) electrons. The van der Waals surface area contributed by atoms with Gasteiger partial charge in [-0.1, -0.05) is 0 Å². The Morgan fingerprint density at radius 2 is 2.33 bits per heavy atom. The van der Waals surface area contributed by atoms with Crippen molar-refractivity contribution in [2.45, 2.75) is 19.9 Å². The van der Waals surface area contributed by atoms with Crippen molar-refractivity contribution < 1.29 is 0 Å². The van der Waals surface area contributed by atoms with Crippen LogP contribution in [0.1, 0.15) is 24.4 Å². The van der Waals surface area contributed by atoms with Gasteiger partial charge < -0.3 is 5.73 Å². The summed E-state index contributed by atoms with van der Waals surface area (Å²) < 4.78 is 1.63. The van der Waals surface area contributed by atoms with Crippen LogP contribution in [0.15, 0.2) is 10.2 Å². The number of aryl methyl sites for hydroxylation is 1. The molecule has 1 unspecified atom stereocenters. The lowest BCUT2D eigenvalue weighted by molar-refractivity contribution is 0.783. The molecule has 4 nitrogen and oxygen atoms in total. The third-order valence-electron chi connectivity index (χ3n) is 2.43. The molecule has 0 saturated carbocycles. The van der Waals surface area contributed by atoms with E-state index in [9.17, 15) is 4.79 Å². The van der Waals surface area contributed by atoms with E-state index in [0.717, 1.165) is 10.7 Å². The molecule has 2 rings (SSSR count). The van der Waals surface area contributed by atoms with Gasteiger partial charge >= 0.3 is 0 Å². The first-order chi connectivity index (χ1) is 7.02. The van der Waals surface area contributed by atoms with E-state index in [1.165, 1.54) is 11.3 Å². The van der Waals surface area contributed by atoms with Crippen molar-refractivity contribution >= 4 is 29.6 Å². The third kappa shape index (κ3) is 1.50. The summed E-state index contributed by atoms with van der Waals surface area (Å²) in [6.45, 7) is 3.74. The van der Waals surface area contributed by atoms with E-state index in [4.69, 9.17) is 5.73 Å². The first-order valence-electron chi connectivity index (χ1n) is 4.75. The molecule has 2 heterocycles. The summed E-state index contributed by atoms with van der Waals surface area (Å²) in [5, 5.41) is 1.92. The zero-order valence-electron chi connectivity index (χ0n) is 8.94. The number of aromatic nitrogens is 2. The van der Waals surface area contributed by atoms with E-state index < -0.39 is 0 Å². The monoisotopic (exact) mass is 221 g/mol. The second-order valence-corrected chi connectivity index (χ2v) is 4.55. The maximum Gasteiger partial charge on any atom is 0.252 e. The van der Waals surface area contributed by atoms with Crippen LogP contribution in [0.5, 0.6) is 0 Å². The van der Waals surface area contributed by atoms with Gasteiger partial charge in [0.25, 0.3) is 5.56 Å². The molecular weight excluding hydrogens is 209 g/mol. The van der Waals surface area contributed by atoms with Crippen molar-refractivity contribution in [3.05, 3.63) is 27.1 Å². The van der Waals surface area contributed by atoms with E-state index in [0.29, 0.717) is 11.2 Å². The molecule has 0 fully saturated rings. The molecule has 78 valence electrons. The Bertz CT molecular complexity index is 572. The van der Waals surface area contributed by atoms with E-state index in [2.05, 4.69) is 4.98 Å². The second kappa shape index (κ2) is 3.46. The number of hydrogen-bond acceptors (Lipinski definition) is 4. The molecule has 2 aromatic heterocycles. The minimum Gasteiger partial charge on any atom is -0.323 e. The minimum atomic E-state index is -0.204. The maximum absolute atomic E-state index is 12.0. The lowest BCUT2D eigenvalue weighted by Gasteiger charge is -2.08. The fraction of sp³-hybridized carbons (Fsp3) is 0.333. The van der Waals surface area contributed by atoms with E-state index >= 15 is 0 Å². The predicted octanol–water partition coefficient (Wildman–Crippen LogP) is -0.657. The van der Waals surface area contributed by atoms with Crippen LogP contribution in [0.25, 0.3) is 4.96 Å². The predicted molar refractivity (Wildman–Crippen MR) is 64.9 cm³/mol. The molecule has 0 aliphatic rings. The molecule has 6 heteroatoms. The van der Waals surface area contributed by atoms with Crippen LogP contribution < -0.4 is 16.8 Å². The van der Waals surface area contributed by atoms with Gasteiger partial charge in [0.1, 0.15) is 7.85 Å². The number of nitrogens with two attached hydrogens (primary N) is 1. The van der Waals surface area contributed by atoms with Crippen molar-refractivity contribution in [3.8, 4) is 0 Å². The number of rotatable bonds is 1. The second-order valence-electron chi connectivity index (χ2n) is 3.71. The lowest BCUT2D eigenvalue weighted by atomic mass is 9.93. The summed E-state index contributed by atoms with van der Waals surface area (Å²) in [5.74, 6) is 0. The van der Waals surface area contributed by atoms with Crippen molar-refractivity contribution in [2.75, 3.05) is 0 Å². The fourth-order valence-corrected chi connectivity index (χ4v) is 2.49. The Kier molecular flexibility index (Phi) is 2.40. The maximum atomic E-state index is 12.0. The highest BCUT2D eigenvalue weighted by Crippen LogP contribution is 2.12. The largest absolute Gasteiger partial charge is 0.323 e. The van der Waals surface area contributed by atoms with Crippen LogP contribution in [0.4, 0.5) is 0 Å². The molecular formula is C9H12BN3OS. The summed E-state index contributed by atoms with van der Waals surface area (Å²) in [5.41, 5.74) is 8.03. The average molecular weight is 221 g/mol. The Hall–Kier alpha value is -1.14. The Labute approximate surface area is 92.2 Å². The van der Waals surface area contributed by atoms with Gasteiger partial charge in [-0.25, -0.2) is 4.98 Å². The van der Waals surface area contributed by atoms with E-state index in [1.807, 2.05) is 19.2 Å².